The van der Waals surface area contributed by atoms with Gasteiger partial charge in [-0.1, -0.05) is 12.2 Å². The summed E-state index contributed by atoms with van der Waals surface area (Å²) in [6.07, 6.45) is 0.702. The van der Waals surface area contributed by atoms with Gasteiger partial charge in [-0.05, 0) is 37.3 Å². The molecule has 2 N–H and O–H groups in total. The van der Waals surface area contributed by atoms with Crippen molar-refractivity contribution in [1.82, 2.24) is 9.78 Å². The molecule has 0 atom stereocenters. The minimum absolute atomic E-state index is 0.0959. The summed E-state index contributed by atoms with van der Waals surface area (Å²) in [5.74, 6) is 0.750. The zero-order valence-corrected chi connectivity index (χ0v) is 12.6. The van der Waals surface area contributed by atoms with Crippen molar-refractivity contribution in [2.75, 3.05) is 6.61 Å². The first-order valence-electron chi connectivity index (χ1n) is 6.64. The highest BCUT2D eigenvalue weighted by molar-refractivity contribution is 7.80. The number of hydrogen-bond donors (Lipinski definition) is 1. The SMILES string of the molecule is Cc1ccc(=O)n(CCCOc2ccc(C(N)=S)cc2)n1. The largest absolute Gasteiger partial charge is 0.494 e. The first kappa shape index (κ1) is 15.2. The lowest BCUT2D eigenvalue weighted by molar-refractivity contribution is 0.297. The van der Waals surface area contributed by atoms with Crippen molar-refractivity contribution in [3.8, 4) is 5.75 Å². The zero-order valence-electron chi connectivity index (χ0n) is 11.8. The Kier molecular flexibility index (Phi) is 5.05. The molecule has 1 aromatic carbocycles. The van der Waals surface area contributed by atoms with Crippen molar-refractivity contribution < 1.29 is 4.74 Å². The maximum atomic E-state index is 11.6. The van der Waals surface area contributed by atoms with E-state index in [0.717, 1.165) is 17.0 Å². The van der Waals surface area contributed by atoms with Crippen LogP contribution in [0.5, 0.6) is 5.75 Å². The summed E-state index contributed by atoms with van der Waals surface area (Å²) in [6.45, 7) is 2.90. The number of aryl methyl sites for hydroxylation is 2. The molecule has 0 unspecified atom stereocenters. The summed E-state index contributed by atoms with van der Waals surface area (Å²) in [6, 6.07) is 10.5. The second-order valence-electron chi connectivity index (χ2n) is 4.63. The first-order chi connectivity index (χ1) is 10.1. The van der Waals surface area contributed by atoms with Gasteiger partial charge < -0.3 is 10.5 Å². The molecule has 2 aromatic rings. The van der Waals surface area contributed by atoms with Crippen LogP contribution in [0, 0.1) is 6.92 Å². The Morgan fingerprint density at radius 2 is 2.00 bits per heavy atom. The van der Waals surface area contributed by atoms with Gasteiger partial charge in [0.15, 0.2) is 0 Å². The van der Waals surface area contributed by atoms with Crippen LogP contribution in [0.4, 0.5) is 0 Å². The van der Waals surface area contributed by atoms with Gasteiger partial charge in [-0.15, -0.1) is 0 Å². The van der Waals surface area contributed by atoms with E-state index in [9.17, 15) is 4.79 Å². The highest BCUT2D eigenvalue weighted by Gasteiger charge is 2.00. The quantitative estimate of drug-likeness (QED) is 0.649. The van der Waals surface area contributed by atoms with Gasteiger partial charge >= 0.3 is 0 Å². The fourth-order valence-corrected chi connectivity index (χ4v) is 1.97. The van der Waals surface area contributed by atoms with Gasteiger partial charge in [-0.3, -0.25) is 4.79 Å². The second kappa shape index (κ2) is 6.99. The normalized spacial score (nSPS) is 10.3. The maximum absolute atomic E-state index is 11.6. The topological polar surface area (TPSA) is 70.1 Å². The fraction of sp³-hybridized carbons (Fsp3) is 0.267. The maximum Gasteiger partial charge on any atom is 0.266 e. The molecule has 6 heteroatoms. The summed E-state index contributed by atoms with van der Waals surface area (Å²) >= 11 is 4.89. The van der Waals surface area contributed by atoms with Gasteiger partial charge in [0.2, 0.25) is 0 Å². The van der Waals surface area contributed by atoms with Crippen molar-refractivity contribution in [2.45, 2.75) is 19.9 Å². The van der Waals surface area contributed by atoms with Gasteiger partial charge in [0.1, 0.15) is 10.7 Å². The van der Waals surface area contributed by atoms with E-state index in [4.69, 9.17) is 22.7 Å². The molecule has 0 saturated carbocycles. The number of thiocarbonyl (C=S) groups is 1. The van der Waals surface area contributed by atoms with Crippen LogP contribution in [0.2, 0.25) is 0 Å². The lowest BCUT2D eigenvalue weighted by Crippen LogP contribution is -2.23. The van der Waals surface area contributed by atoms with E-state index < -0.39 is 0 Å². The molecule has 0 aliphatic rings. The molecule has 21 heavy (non-hydrogen) atoms. The predicted molar refractivity (Wildman–Crippen MR) is 85.7 cm³/mol. The van der Waals surface area contributed by atoms with Crippen LogP contribution in [-0.2, 0) is 6.54 Å². The summed E-state index contributed by atoms with van der Waals surface area (Å²) in [5.41, 5.74) is 7.07. The van der Waals surface area contributed by atoms with E-state index in [1.807, 2.05) is 31.2 Å². The molecule has 0 fully saturated rings. The molecule has 0 aliphatic heterocycles. The first-order valence-corrected chi connectivity index (χ1v) is 7.04. The molecular formula is C15H17N3O2S. The van der Waals surface area contributed by atoms with Crippen molar-refractivity contribution in [3.63, 3.8) is 0 Å². The third kappa shape index (κ3) is 4.39. The van der Waals surface area contributed by atoms with Crippen LogP contribution >= 0.6 is 12.2 Å². The average molecular weight is 303 g/mol. The van der Waals surface area contributed by atoms with Gasteiger partial charge in [0.05, 0.1) is 12.3 Å². The summed E-state index contributed by atoms with van der Waals surface area (Å²) in [5, 5.41) is 4.17. The van der Waals surface area contributed by atoms with Gasteiger partial charge in [-0.2, -0.15) is 5.10 Å². The molecule has 0 radical (unpaired) electrons. The highest BCUT2D eigenvalue weighted by atomic mass is 32.1. The lowest BCUT2D eigenvalue weighted by atomic mass is 10.2. The Balaban J connectivity index is 1.83. The predicted octanol–water partition coefficient (Wildman–Crippen LogP) is 1.66. The molecule has 1 heterocycles. The number of nitrogens with zero attached hydrogens (tertiary/aromatic N) is 2. The minimum Gasteiger partial charge on any atom is -0.494 e. The number of hydrogen-bond acceptors (Lipinski definition) is 4. The Morgan fingerprint density at radius 1 is 1.29 bits per heavy atom. The third-order valence-electron chi connectivity index (χ3n) is 2.92. The van der Waals surface area contributed by atoms with Gasteiger partial charge in [0.25, 0.3) is 5.56 Å². The van der Waals surface area contributed by atoms with Crippen LogP contribution in [0.1, 0.15) is 17.7 Å². The lowest BCUT2D eigenvalue weighted by Gasteiger charge is -2.08. The van der Waals surface area contributed by atoms with E-state index in [1.165, 1.54) is 10.7 Å². The van der Waals surface area contributed by atoms with Gasteiger partial charge in [-0.25, -0.2) is 4.68 Å². The molecule has 0 aliphatic carbocycles. The summed E-state index contributed by atoms with van der Waals surface area (Å²) in [4.78, 5) is 11.9. The Hall–Kier alpha value is -2.21. The Labute approximate surface area is 128 Å². The van der Waals surface area contributed by atoms with Crippen molar-refractivity contribution in [2.24, 2.45) is 5.73 Å². The smallest absolute Gasteiger partial charge is 0.266 e. The third-order valence-corrected chi connectivity index (χ3v) is 3.16. The van der Waals surface area contributed by atoms with Crippen LogP contribution in [-0.4, -0.2) is 21.4 Å². The summed E-state index contributed by atoms with van der Waals surface area (Å²) in [7, 11) is 0. The van der Waals surface area contributed by atoms with Crippen molar-refractivity contribution in [3.05, 3.63) is 58.0 Å². The standard InChI is InChI=1S/C15H17N3O2S/c1-11-3-8-14(19)18(17-11)9-2-10-20-13-6-4-12(5-7-13)15(16)21/h3-8H,2,9-10H2,1H3,(H2,16,21). The number of rotatable bonds is 6. The van der Waals surface area contributed by atoms with E-state index in [-0.39, 0.29) is 5.56 Å². The van der Waals surface area contributed by atoms with E-state index in [1.54, 1.807) is 6.07 Å². The Bertz CT molecular complexity index is 680. The molecule has 0 amide bonds. The van der Waals surface area contributed by atoms with Crippen molar-refractivity contribution in [1.29, 1.82) is 0 Å². The summed E-state index contributed by atoms with van der Waals surface area (Å²) < 4.78 is 7.06. The average Bonchev–Trinajstić information content (AvgIpc) is 2.47. The number of nitrogens with two attached hydrogens (primary N) is 1. The molecule has 110 valence electrons. The monoisotopic (exact) mass is 303 g/mol. The minimum atomic E-state index is -0.0959. The highest BCUT2D eigenvalue weighted by Crippen LogP contribution is 2.12. The van der Waals surface area contributed by atoms with Gasteiger partial charge in [0, 0.05) is 24.6 Å². The zero-order chi connectivity index (χ0) is 15.2. The van der Waals surface area contributed by atoms with E-state index >= 15 is 0 Å². The van der Waals surface area contributed by atoms with Crippen LogP contribution in [0.25, 0.3) is 0 Å². The molecule has 5 nitrogen and oxygen atoms in total. The number of benzene rings is 1. The van der Waals surface area contributed by atoms with Crippen LogP contribution < -0.4 is 16.0 Å². The molecular weight excluding hydrogens is 286 g/mol. The molecule has 0 spiro atoms. The van der Waals surface area contributed by atoms with Crippen LogP contribution in [0.15, 0.2) is 41.2 Å². The molecule has 2 rings (SSSR count). The number of aromatic nitrogens is 2. The van der Waals surface area contributed by atoms with Crippen molar-refractivity contribution >= 4 is 17.2 Å². The fourth-order valence-electron chi connectivity index (χ4n) is 1.83. The van der Waals surface area contributed by atoms with E-state index in [0.29, 0.717) is 24.6 Å². The molecule has 0 bridgehead atoms. The van der Waals surface area contributed by atoms with Crippen LogP contribution in [0.3, 0.4) is 0 Å². The molecule has 0 saturated heterocycles. The van der Waals surface area contributed by atoms with E-state index in [2.05, 4.69) is 5.10 Å². The Morgan fingerprint density at radius 3 is 2.67 bits per heavy atom. The number of ether oxygens (including phenoxy) is 1. The second-order valence-corrected chi connectivity index (χ2v) is 5.07. The molecule has 1 aromatic heterocycles.